The third-order valence-electron chi connectivity index (χ3n) is 13.9. The first-order valence-corrected chi connectivity index (χ1v) is 21.6. The summed E-state index contributed by atoms with van der Waals surface area (Å²) in [5, 5.41) is 0. The van der Waals surface area contributed by atoms with Crippen molar-refractivity contribution >= 4 is 5.97 Å². The maximum Gasteiger partial charge on any atom is 0.331 e. The van der Waals surface area contributed by atoms with Crippen LogP contribution in [-0.2, 0) is 9.53 Å². The van der Waals surface area contributed by atoms with Gasteiger partial charge in [0.1, 0.15) is 6.10 Å². The van der Waals surface area contributed by atoms with Gasteiger partial charge in [-0.1, -0.05) is 178 Å². The number of hydrogen-bond acceptors (Lipinski definition) is 2. The van der Waals surface area contributed by atoms with Crippen molar-refractivity contribution in [1.82, 2.24) is 0 Å². The van der Waals surface area contributed by atoms with Crippen LogP contribution in [0.5, 0.6) is 0 Å². The average molecular weight is 697 g/mol. The molecule has 2 heteroatoms. The molecule has 0 amide bonds. The molecule has 0 spiro atoms. The van der Waals surface area contributed by atoms with Crippen LogP contribution in [0.25, 0.3) is 0 Å². The summed E-state index contributed by atoms with van der Waals surface area (Å²) in [5.74, 6) is 4.90. The summed E-state index contributed by atoms with van der Waals surface area (Å²) in [6.45, 7) is 14.8. The van der Waals surface area contributed by atoms with Gasteiger partial charge in [-0.05, 0) is 104 Å². The van der Waals surface area contributed by atoms with Crippen molar-refractivity contribution in [3.05, 3.63) is 84.6 Å². The average Bonchev–Trinajstić information content (AvgIpc) is 3.46. The summed E-state index contributed by atoms with van der Waals surface area (Å²) in [6.07, 6.45) is 51.3. The van der Waals surface area contributed by atoms with Gasteiger partial charge in [-0.25, -0.2) is 4.79 Å². The van der Waals surface area contributed by atoms with E-state index in [2.05, 4.69) is 71.9 Å². The number of allylic oxidation sites excluding steroid dienone is 12. The maximum atomic E-state index is 12.7. The minimum atomic E-state index is -0.218. The van der Waals surface area contributed by atoms with E-state index in [1.165, 1.54) is 103 Å². The number of hydrogen-bond donors (Lipinski definition) is 0. The predicted octanol–water partition coefficient (Wildman–Crippen LogP) is 14.4. The Morgan fingerprint density at radius 2 is 1.43 bits per heavy atom. The molecule has 284 valence electrons. The monoisotopic (exact) mass is 697 g/mol. The van der Waals surface area contributed by atoms with Crippen molar-refractivity contribution in [3.63, 3.8) is 0 Å². The molecule has 0 radical (unpaired) electrons. The van der Waals surface area contributed by atoms with Crippen molar-refractivity contribution in [2.75, 3.05) is 0 Å². The summed E-state index contributed by atoms with van der Waals surface area (Å²) >= 11 is 0. The Labute approximate surface area is 315 Å². The summed E-state index contributed by atoms with van der Waals surface area (Å²) in [4.78, 5) is 12.7. The molecule has 4 aliphatic rings. The number of ether oxygens (including phenoxy) is 1. The molecule has 3 fully saturated rings. The number of unbranched alkanes of at least 4 members (excludes halogenated alkanes) is 7. The molecular formula is C49H76O2. The summed E-state index contributed by atoms with van der Waals surface area (Å²) in [6, 6.07) is 0. The number of carbonyl (C=O) groups excluding carboxylic acids is 1. The van der Waals surface area contributed by atoms with E-state index in [0.717, 1.165) is 54.8 Å². The molecule has 0 aliphatic heterocycles. The lowest BCUT2D eigenvalue weighted by molar-refractivity contribution is -0.145. The second-order valence-corrected chi connectivity index (χ2v) is 17.8. The van der Waals surface area contributed by atoms with Gasteiger partial charge in [-0.3, -0.25) is 0 Å². The van der Waals surface area contributed by atoms with Crippen molar-refractivity contribution < 1.29 is 9.53 Å². The first kappa shape index (κ1) is 41.4. The Bertz CT molecular complexity index is 1260. The minimum absolute atomic E-state index is 0.00617. The number of fused-ring (bicyclic) bond motifs is 5. The molecule has 0 unspecified atom stereocenters. The minimum Gasteiger partial charge on any atom is -0.459 e. The van der Waals surface area contributed by atoms with Gasteiger partial charge in [0.25, 0.3) is 0 Å². The third-order valence-corrected chi connectivity index (χ3v) is 13.9. The first-order chi connectivity index (χ1) is 24.7. The zero-order valence-corrected chi connectivity index (χ0v) is 33.8. The molecule has 0 aromatic rings. The molecule has 4 aliphatic carbocycles. The normalized spacial score (nSPS) is 31.7. The van der Waals surface area contributed by atoms with E-state index >= 15 is 0 Å². The van der Waals surface area contributed by atoms with Crippen LogP contribution < -0.4 is 0 Å². The van der Waals surface area contributed by atoms with Crippen LogP contribution in [0.1, 0.15) is 164 Å². The third kappa shape index (κ3) is 12.1. The molecule has 3 saturated carbocycles. The highest BCUT2D eigenvalue weighted by Crippen LogP contribution is 2.67. The van der Waals surface area contributed by atoms with E-state index in [0.29, 0.717) is 5.41 Å². The van der Waals surface area contributed by atoms with Gasteiger partial charge >= 0.3 is 5.97 Å². The molecule has 0 bridgehead atoms. The number of carbonyl (C=O) groups is 1. The summed E-state index contributed by atoms with van der Waals surface area (Å²) in [5.41, 5.74) is 2.40. The van der Waals surface area contributed by atoms with Gasteiger partial charge in [-0.15, -0.1) is 0 Å². The summed E-state index contributed by atoms with van der Waals surface area (Å²) < 4.78 is 5.99. The van der Waals surface area contributed by atoms with Crippen LogP contribution in [0.4, 0.5) is 0 Å². The molecule has 2 nitrogen and oxygen atoms in total. The van der Waals surface area contributed by atoms with Crippen LogP contribution >= 0.6 is 0 Å². The van der Waals surface area contributed by atoms with E-state index in [9.17, 15) is 4.79 Å². The van der Waals surface area contributed by atoms with Gasteiger partial charge in [0.05, 0.1) is 0 Å². The Morgan fingerprint density at radius 1 is 0.765 bits per heavy atom. The Balaban J connectivity index is 1.15. The fourth-order valence-electron chi connectivity index (χ4n) is 11.0. The lowest BCUT2D eigenvalue weighted by Crippen LogP contribution is -2.51. The molecule has 4 rings (SSSR count). The van der Waals surface area contributed by atoms with Crippen LogP contribution in [0.2, 0.25) is 0 Å². The van der Waals surface area contributed by atoms with Crippen molar-refractivity contribution in [1.29, 1.82) is 0 Å². The highest BCUT2D eigenvalue weighted by molar-refractivity contribution is 5.82. The molecular weight excluding hydrogens is 621 g/mol. The molecule has 0 heterocycles. The van der Waals surface area contributed by atoms with Gasteiger partial charge in [0.2, 0.25) is 0 Å². The van der Waals surface area contributed by atoms with Crippen molar-refractivity contribution in [2.24, 2.45) is 46.3 Å². The topological polar surface area (TPSA) is 26.3 Å². The van der Waals surface area contributed by atoms with E-state index in [1.54, 1.807) is 17.7 Å². The molecule has 0 aromatic carbocycles. The van der Waals surface area contributed by atoms with Crippen LogP contribution in [-0.4, -0.2) is 12.1 Å². The quantitative estimate of drug-likeness (QED) is 0.0416. The van der Waals surface area contributed by atoms with Gasteiger partial charge in [0, 0.05) is 12.5 Å². The molecule has 0 aromatic heterocycles. The molecule has 8 atom stereocenters. The SMILES string of the molecule is CCCCCCCCC/C=C/C=C/C=C/C=C/C=C/C=C/C(=O)O[C@H]1CC[C@@]2(C)C(=CC[C@H]3[C@@H]4CC[C@H]([C@H](C)CCCC(C)C)[C@@]4(C)CC[C@@H]32)C1. The second-order valence-electron chi connectivity index (χ2n) is 17.8. The zero-order chi connectivity index (χ0) is 36.5. The van der Waals surface area contributed by atoms with Crippen LogP contribution in [0.15, 0.2) is 84.6 Å². The van der Waals surface area contributed by atoms with Gasteiger partial charge in [-0.2, -0.15) is 0 Å². The first-order valence-electron chi connectivity index (χ1n) is 21.6. The van der Waals surface area contributed by atoms with Crippen molar-refractivity contribution in [2.45, 2.75) is 170 Å². The zero-order valence-electron chi connectivity index (χ0n) is 33.8. The largest absolute Gasteiger partial charge is 0.459 e. The fourth-order valence-corrected chi connectivity index (χ4v) is 11.0. The van der Waals surface area contributed by atoms with E-state index in [4.69, 9.17) is 4.74 Å². The van der Waals surface area contributed by atoms with Gasteiger partial charge in [0.15, 0.2) is 0 Å². The standard InChI is InChI=1S/C49H76O2/c1-7-8-9-10-11-12-13-14-15-16-17-18-19-20-21-22-23-24-25-29-47(50)51-42-34-36-48(5)41(38-42)30-31-43-45-33-32-44(40(4)28-26-27-39(2)3)49(45,6)37-35-46(43)48/h15-25,29-30,39-40,42-46H,7-14,26-28,31-38H2,1-6H3/b16-15+,18-17+,20-19+,22-21+,24-23+,29-25+/t40-,42+,43+,44-,45+,46+,48+,49-/m1/s1. The molecule has 0 saturated heterocycles. The Kier molecular flexibility index (Phi) is 17.4. The van der Waals surface area contributed by atoms with E-state index in [-0.39, 0.29) is 17.5 Å². The maximum absolute atomic E-state index is 12.7. The van der Waals surface area contributed by atoms with Crippen LogP contribution in [0, 0.1) is 46.3 Å². The van der Waals surface area contributed by atoms with Crippen molar-refractivity contribution in [3.8, 4) is 0 Å². The summed E-state index contributed by atoms with van der Waals surface area (Å²) in [7, 11) is 0. The lowest BCUT2D eigenvalue weighted by Gasteiger charge is -2.58. The fraction of sp³-hybridized carbons (Fsp3) is 0.694. The van der Waals surface area contributed by atoms with E-state index in [1.807, 2.05) is 36.5 Å². The van der Waals surface area contributed by atoms with Gasteiger partial charge < -0.3 is 4.74 Å². The number of rotatable bonds is 20. The van der Waals surface area contributed by atoms with E-state index < -0.39 is 0 Å². The lowest BCUT2D eigenvalue weighted by atomic mass is 9.47. The highest BCUT2D eigenvalue weighted by Gasteiger charge is 2.59. The Hall–Kier alpha value is -2.35. The Morgan fingerprint density at radius 3 is 2.14 bits per heavy atom. The molecule has 0 N–H and O–H groups in total. The smallest absolute Gasteiger partial charge is 0.331 e. The number of esters is 1. The second kappa shape index (κ2) is 21.4. The highest BCUT2D eigenvalue weighted by atomic mass is 16.5. The van der Waals surface area contributed by atoms with Crippen LogP contribution in [0.3, 0.4) is 0 Å². The predicted molar refractivity (Wildman–Crippen MR) is 220 cm³/mol. The molecule has 51 heavy (non-hydrogen) atoms.